The lowest BCUT2D eigenvalue weighted by atomic mass is 9.95. The second-order valence-electron chi connectivity index (χ2n) is 5.83. The van der Waals surface area contributed by atoms with Gasteiger partial charge in [0, 0.05) is 12.6 Å². The number of carbonyl (C=O) groups excluding carboxylic acids is 2. The van der Waals surface area contributed by atoms with Gasteiger partial charge in [-0.25, -0.2) is 9.59 Å². The topological polar surface area (TPSA) is 55.8 Å². The molecule has 0 N–H and O–H groups in total. The van der Waals surface area contributed by atoms with Crippen LogP contribution in [0.25, 0.3) is 0 Å². The van der Waals surface area contributed by atoms with E-state index in [0.29, 0.717) is 6.54 Å². The fourth-order valence-electron chi connectivity index (χ4n) is 3.08. The number of nitrogens with zero attached hydrogens (tertiary/aromatic N) is 1. The van der Waals surface area contributed by atoms with Gasteiger partial charge in [-0.1, -0.05) is 30.3 Å². The minimum absolute atomic E-state index is 0.168. The van der Waals surface area contributed by atoms with Crippen LogP contribution in [0.4, 0.5) is 4.79 Å². The molecule has 116 valence electrons. The largest absolute Gasteiger partial charge is 0.450 e. The standard InChI is InChI=1S/C17H19NO4/c1-17(10-9-15(19)22-17)14-8-5-11-18(14)16(20)21-12-13-6-3-2-4-7-13/h2-4,6-7,9-10,14H,5,8,11-12H2,1H3/t14-,17-/m0/s1. The van der Waals surface area contributed by atoms with E-state index in [2.05, 4.69) is 0 Å². The molecule has 3 rings (SSSR count). The van der Waals surface area contributed by atoms with E-state index in [9.17, 15) is 9.59 Å². The van der Waals surface area contributed by atoms with Gasteiger partial charge in [-0.05, 0) is 31.4 Å². The number of ether oxygens (including phenoxy) is 2. The highest BCUT2D eigenvalue weighted by atomic mass is 16.6. The van der Waals surface area contributed by atoms with E-state index in [1.165, 1.54) is 6.08 Å². The summed E-state index contributed by atoms with van der Waals surface area (Å²) in [5.74, 6) is -0.355. The van der Waals surface area contributed by atoms with E-state index in [1.54, 1.807) is 11.0 Å². The second-order valence-corrected chi connectivity index (χ2v) is 5.83. The normalized spacial score (nSPS) is 27.0. The van der Waals surface area contributed by atoms with Crippen molar-refractivity contribution in [2.45, 2.75) is 38.0 Å². The molecule has 1 amide bonds. The van der Waals surface area contributed by atoms with Crippen LogP contribution in [-0.2, 0) is 20.9 Å². The van der Waals surface area contributed by atoms with E-state index in [4.69, 9.17) is 9.47 Å². The zero-order valence-electron chi connectivity index (χ0n) is 12.5. The van der Waals surface area contributed by atoms with Crippen LogP contribution in [0.5, 0.6) is 0 Å². The van der Waals surface area contributed by atoms with Crippen molar-refractivity contribution in [1.29, 1.82) is 0 Å². The molecular formula is C17H19NO4. The maximum absolute atomic E-state index is 12.3. The summed E-state index contributed by atoms with van der Waals surface area (Å²) in [5.41, 5.74) is 0.198. The summed E-state index contributed by atoms with van der Waals surface area (Å²) >= 11 is 0. The third kappa shape index (κ3) is 2.84. The van der Waals surface area contributed by atoms with E-state index in [0.717, 1.165) is 18.4 Å². The van der Waals surface area contributed by atoms with Crippen LogP contribution in [0.2, 0.25) is 0 Å². The lowest BCUT2D eigenvalue weighted by Crippen LogP contribution is -2.49. The summed E-state index contributed by atoms with van der Waals surface area (Å²) in [7, 11) is 0. The Morgan fingerprint density at radius 3 is 2.86 bits per heavy atom. The van der Waals surface area contributed by atoms with Gasteiger partial charge in [0.25, 0.3) is 0 Å². The van der Waals surface area contributed by atoms with Crippen molar-refractivity contribution in [3.8, 4) is 0 Å². The Hall–Kier alpha value is -2.30. The highest BCUT2D eigenvalue weighted by Crippen LogP contribution is 2.34. The minimum atomic E-state index is -0.751. The molecule has 0 unspecified atom stereocenters. The molecule has 2 aliphatic heterocycles. The fraction of sp³-hybridized carbons (Fsp3) is 0.412. The molecule has 2 heterocycles. The molecule has 0 bridgehead atoms. The molecule has 5 heteroatoms. The van der Waals surface area contributed by atoms with Gasteiger partial charge in [-0.3, -0.25) is 0 Å². The Bertz CT molecular complexity index is 598. The first-order valence-corrected chi connectivity index (χ1v) is 7.48. The van der Waals surface area contributed by atoms with Crippen molar-refractivity contribution >= 4 is 12.1 Å². The Balaban J connectivity index is 1.64. The van der Waals surface area contributed by atoms with E-state index >= 15 is 0 Å². The van der Waals surface area contributed by atoms with Crippen LogP contribution >= 0.6 is 0 Å². The predicted octanol–water partition coefficient (Wildman–Crippen LogP) is 2.66. The van der Waals surface area contributed by atoms with Crippen LogP contribution in [0.15, 0.2) is 42.5 Å². The van der Waals surface area contributed by atoms with Crippen molar-refractivity contribution in [3.05, 3.63) is 48.0 Å². The predicted molar refractivity (Wildman–Crippen MR) is 80.0 cm³/mol. The summed E-state index contributed by atoms with van der Waals surface area (Å²) < 4.78 is 10.8. The smallest absolute Gasteiger partial charge is 0.410 e. The van der Waals surface area contributed by atoms with Gasteiger partial charge in [0.1, 0.15) is 12.2 Å². The molecule has 1 aromatic rings. The van der Waals surface area contributed by atoms with Crippen LogP contribution in [0.3, 0.4) is 0 Å². The van der Waals surface area contributed by atoms with E-state index in [-0.39, 0.29) is 24.7 Å². The van der Waals surface area contributed by atoms with Gasteiger partial charge in [0.15, 0.2) is 0 Å². The summed E-state index contributed by atoms with van der Waals surface area (Å²) in [4.78, 5) is 25.4. The van der Waals surface area contributed by atoms with Gasteiger partial charge in [-0.2, -0.15) is 0 Å². The number of hydrogen-bond donors (Lipinski definition) is 0. The van der Waals surface area contributed by atoms with Gasteiger partial charge >= 0.3 is 12.1 Å². The number of esters is 1. The Morgan fingerprint density at radius 1 is 1.41 bits per heavy atom. The number of amides is 1. The van der Waals surface area contributed by atoms with Crippen molar-refractivity contribution < 1.29 is 19.1 Å². The third-order valence-electron chi connectivity index (χ3n) is 4.22. The molecule has 0 aliphatic carbocycles. The zero-order chi connectivity index (χ0) is 15.6. The number of benzene rings is 1. The first kappa shape index (κ1) is 14.6. The fourth-order valence-corrected chi connectivity index (χ4v) is 3.08. The molecule has 1 saturated heterocycles. The molecule has 1 aromatic carbocycles. The van der Waals surface area contributed by atoms with Crippen molar-refractivity contribution in [2.24, 2.45) is 0 Å². The zero-order valence-corrected chi connectivity index (χ0v) is 12.5. The average Bonchev–Trinajstić information content (AvgIpc) is 3.14. The molecule has 0 saturated carbocycles. The first-order valence-electron chi connectivity index (χ1n) is 7.48. The molecular weight excluding hydrogens is 282 g/mol. The van der Waals surface area contributed by atoms with Crippen molar-refractivity contribution in [2.75, 3.05) is 6.54 Å². The number of rotatable bonds is 3. The first-order chi connectivity index (χ1) is 10.6. The second kappa shape index (κ2) is 5.83. The number of cyclic esters (lactones) is 1. The molecule has 1 fully saturated rings. The summed E-state index contributed by atoms with van der Waals surface area (Å²) in [6, 6.07) is 9.40. The molecule has 0 spiro atoms. The van der Waals surface area contributed by atoms with Crippen LogP contribution in [0, 0.1) is 0 Å². The average molecular weight is 301 g/mol. The van der Waals surface area contributed by atoms with E-state index < -0.39 is 5.60 Å². The molecule has 22 heavy (non-hydrogen) atoms. The third-order valence-corrected chi connectivity index (χ3v) is 4.22. The molecule has 5 nitrogen and oxygen atoms in total. The Morgan fingerprint density at radius 2 is 2.18 bits per heavy atom. The Labute approximate surface area is 129 Å². The van der Waals surface area contributed by atoms with Crippen LogP contribution < -0.4 is 0 Å². The van der Waals surface area contributed by atoms with E-state index in [1.807, 2.05) is 37.3 Å². The quantitative estimate of drug-likeness (QED) is 0.805. The highest BCUT2D eigenvalue weighted by Gasteiger charge is 2.46. The number of hydrogen-bond acceptors (Lipinski definition) is 4. The molecule has 0 radical (unpaired) electrons. The minimum Gasteiger partial charge on any atom is -0.450 e. The lowest BCUT2D eigenvalue weighted by Gasteiger charge is -2.34. The summed E-state index contributed by atoms with van der Waals surface area (Å²) in [6.07, 6.45) is 4.49. The monoisotopic (exact) mass is 301 g/mol. The van der Waals surface area contributed by atoms with Crippen LogP contribution in [-0.4, -0.2) is 35.2 Å². The Kier molecular flexibility index (Phi) is 3.88. The van der Waals surface area contributed by atoms with Gasteiger partial charge in [0.05, 0.1) is 6.04 Å². The SMILES string of the molecule is C[C@@]1([C@@H]2CCCN2C(=O)OCc2ccccc2)C=CC(=O)O1. The highest BCUT2D eigenvalue weighted by molar-refractivity contribution is 5.85. The van der Waals surface area contributed by atoms with Crippen molar-refractivity contribution in [3.63, 3.8) is 0 Å². The maximum atomic E-state index is 12.3. The van der Waals surface area contributed by atoms with Gasteiger partial charge < -0.3 is 14.4 Å². The number of likely N-dealkylation sites (tertiary alicyclic amines) is 1. The summed E-state index contributed by atoms with van der Waals surface area (Å²) in [6.45, 7) is 2.70. The van der Waals surface area contributed by atoms with Crippen molar-refractivity contribution in [1.82, 2.24) is 4.90 Å². The molecule has 2 aliphatic rings. The van der Waals surface area contributed by atoms with Gasteiger partial charge in [-0.15, -0.1) is 0 Å². The van der Waals surface area contributed by atoms with Gasteiger partial charge in [0.2, 0.25) is 0 Å². The van der Waals surface area contributed by atoms with Crippen LogP contribution in [0.1, 0.15) is 25.3 Å². The maximum Gasteiger partial charge on any atom is 0.410 e. The molecule has 2 atom stereocenters. The summed E-state index contributed by atoms with van der Waals surface area (Å²) in [5, 5.41) is 0. The molecule has 0 aromatic heterocycles. The lowest BCUT2D eigenvalue weighted by molar-refractivity contribution is -0.148. The number of carbonyl (C=O) groups is 2.